The summed E-state index contributed by atoms with van der Waals surface area (Å²) in [6, 6.07) is 33.9. The average molecular weight is 646 g/mol. The van der Waals surface area contributed by atoms with Gasteiger partial charge in [0.2, 0.25) is 0 Å². The summed E-state index contributed by atoms with van der Waals surface area (Å²) in [5.41, 5.74) is 11.1. The molecule has 2 fully saturated rings. The van der Waals surface area contributed by atoms with Gasteiger partial charge in [0.05, 0.1) is 19.8 Å². The van der Waals surface area contributed by atoms with Crippen LogP contribution in [0.25, 0.3) is 28.0 Å². The van der Waals surface area contributed by atoms with Crippen LogP contribution in [0, 0.1) is 0 Å². The molecule has 1 unspecified atom stereocenters. The lowest BCUT2D eigenvalue weighted by Crippen LogP contribution is -2.37. The van der Waals surface area contributed by atoms with Crippen LogP contribution in [0.5, 0.6) is 11.5 Å². The monoisotopic (exact) mass is 645 g/mol. The van der Waals surface area contributed by atoms with Gasteiger partial charge in [-0.3, -0.25) is 0 Å². The summed E-state index contributed by atoms with van der Waals surface area (Å²) in [5.74, 6) is 1.99. The van der Waals surface area contributed by atoms with E-state index >= 15 is 0 Å². The lowest BCUT2D eigenvalue weighted by Gasteiger charge is -2.40. The molecule has 1 spiro atoms. The maximum atomic E-state index is 7.69. The molecular formula is C45H43NO3. The molecule has 3 aliphatic heterocycles. The number of hydrogen-bond acceptors (Lipinski definition) is 4. The number of morpholine rings is 1. The Kier molecular flexibility index (Phi) is 6.91. The highest BCUT2D eigenvalue weighted by Crippen LogP contribution is 2.62. The zero-order valence-electron chi connectivity index (χ0n) is 28.2. The van der Waals surface area contributed by atoms with Crippen LogP contribution in [0.3, 0.4) is 0 Å². The molecule has 4 heteroatoms. The van der Waals surface area contributed by atoms with Gasteiger partial charge in [-0.1, -0.05) is 105 Å². The number of rotatable bonds is 3. The first-order chi connectivity index (χ1) is 24.3. The fraction of sp³-hybridized carbons (Fsp3) is 0.333. The van der Waals surface area contributed by atoms with E-state index in [2.05, 4.69) is 108 Å². The second kappa shape index (κ2) is 11.5. The van der Waals surface area contributed by atoms with E-state index in [1.807, 2.05) is 0 Å². The topological polar surface area (TPSA) is 30.9 Å². The van der Waals surface area contributed by atoms with Gasteiger partial charge in [-0.2, -0.15) is 0 Å². The molecule has 3 heterocycles. The summed E-state index contributed by atoms with van der Waals surface area (Å²) in [6.07, 6.45) is 14.6. The minimum absolute atomic E-state index is 0.0135. The number of ether oxygens (including phenoxy) is 3. The molecule has 5 aliphatic rings. The maximum absolute atomic E-state index is 7.69. The highest BCUT2D eigenvalue weighted by atomic mass is 16.5. The summed E-state index contributed by atoms with van der Waals surface area (Å²) < 4.78 is 19.6. The third-order valence-corrected chi connectivity index (χ3v) is 12.1. The van der Waals surface area contributed by atoms with Crippen molar-refractivity contribution < 1.29 is 14.2 Å². The van der Waals surface area contributed by atoms with Gasteiger partial charge in [-0.05, 0) is 76.4 Å². The van der Waals surface area contributed by atoms with Crippen molar-refractivity contribution in [2.75, 3.05) is 37.8 Å². The molecule has 0 N–H and O–H groups in total. The van der Waals surface area contributed by atoms with Gasteiger partial charge in [-0.25, -0.2) is 0 Å². The Labute approximate surface area is 289 Å². The van der Waals surface area contributed by atoms with E-state index < -0.39 is 5.60 Å². The van der Waals surface area contributed by atoms with E-state index in [9.17, 15) is 0 Å². The molecule has 10 rings (SSSR count). The third kappa shape index (κ3) is 4.46. The smallest absolute Gasteiger partial charge is 0.178 e. The molecule has 2 aliphatic carbocycles. The van der Waals surface area contributed by atoms with Crippen LogP contribution in [0.15, 0.2) is 97.1 Å². The molecule has 1 saturated heterocycles. The van der Waals surface area contributed by atoms with Crippen LogP contribution < -0.4 is 14.4 Å². The summed E-state index contributed by atoms with van der Waals surface area (Å²) >= 11 is 0. The van der Waals surface area contributed by atoms with E-state index in [1.165, 1.54) is 89.4 Å². The van der Waals surface area contributed by atoms with E-state index in [-0.39, 0.29) is 5.41 Å². The Bertz CT molecular complexity index is 2080. The molecule has 4 nitrogen and oxygen atoms in total. The fourth-order valence-electron chi connectivity index (χ4n) is 9.77. The fourth-order valence-corrected chi connectivity index (χ4v) is 9.77. The van der Waals surface area contributed by atoms with Crippen molar-refractivity contribution in [2.24, 2.45) is 0 Å². The van der Waals surface area contributed by atoms with Gasteiger partial charge in [0, 0.05) is 52.7 Å². The van der Waals surface area contributed by atoms with Gasteiger partial charge in [0.25, 0.3) is 0 Å². The first-order valence-electron chi connectivity index (χ1n) is 18.5. The number of fused-ring (bicyclic) bond motifs is 11. The second-order valence-electron chi connectivity index (χ2n) is 14.7. The number of hydrogen-bond donors (Lipinski definition) is 0. The lowest BCUT2D eigenvalue weighted by molar-refractivity contribution is 0.122. The first-order valence-corrected chi connectivity index (χ1v) is 18.5. The summed E-state index contributed by atoms with van der Waals surface area (Å²) in [6.45, 7) is 4.12. The predicted octanol–water partition coefficient (Wildman–Crippen LogP) is 9.97. The van der Waals surface area contributed by atoms with E-state index in [0.29, 0.717) is 0 Å². The largest absolute Gasteiger partial charge is 0.493 e. The van der Waals surface area contributed by atoms with Gasteiger partial charge in [0.1, 0.15) is 11.5 Å². The van der Waals surface area contributed by atoms with Crippen LogP contribution in [-0.2, 0) is 22.2 Å². The quantitative estimate of drug-likeness (QED) is 0.195. The van der Waals surface area contributed by atoms with E-state index in [0.717, 1.165) is 67.3 Å². The summed E-state index contributed by atoms with van der Waals surface area (Å²) in [5, 5.41) is 2.46. The van der Waals surface area contributed by atoms with Crippen molar-refractivity contribution in [3.8, 4) is 22.6 Å². The molecule has 246 valence electrons. The SMILES string of the molecule is C1=CC(c2ccccc2)(c2ccc(N3CCOCC3)cc2)Oc2c1c1c(c3cc4c(cc23)OCC4)-c2ccccc2C12CCCCCCC2. The molecule has 0 bridgehead atoms. The molecule has 5 aromatic rings. The second-order valence-corrected chi connectivity index (χ2v) is 14.7. The molecule has 0 aromatic heterocycles. The Balaban J connectivity index is 1.23. The Hall–Kier alpha value is -4.54. The zero-order chi connectivity index (χ0) is 32.4. The van der Waals surface area contributed by atoms with Gasteiger partial charge in [-0.15, -0.1) is 0 Å². The molecule has 49 heavy (non-hydrogen) atoms. The van der Waals surface area contributed by atoms with Crippen molar-refractivity contribution >= 4 is 22.5 Å². The molecular weight excluding hydrogens is 602 g/mol. The predicted molar refractivity (Wildman–Crippen MR) is 198 cm³/mol. The highest BCUT2D eigenvalue weighted by Gasteiger charge is 2.48. The van der Waals surface area contributed by atoms with Crippen LogP contribution in [0.2, 0.25) is 0 Å². The standard InChI is InChI=1S/C45H43NO3/c1-2-9-21-44(22-10-3-1)39-14-8-7-13-35(39)41-37-29-31-20-26-48-40(31)30-38(37)43-36(42(41)44)19-23-45(49-43,32-11-5-4-6-12-32)33-15-17-34(18-16-33)46-24-27-47-28-25-46/h4-8,11-19,23,29-30H,1-3,9-10,20-22,24-28H2. The van der Waals surface area contributed by atoms with E-state index in [4.69, 9.17) is 14.2 Å². The average Bonchev–Trinajstić information content (AvgIpc) is 3.74. The normalized spacial score (nSPS) is 22.0. The Morgan fingerprint density at radius 3 is 2.22 bits per heavy atom. The Morgan fingerprint density at radius 1 is 0.673 bits per heavy atom. The van der Waals surface area contributed by atoms with Gasteiger partial charge < -0.3 is 19.1 Å². The van der Waals surface area contributed by atoms with Crippen LogP contribution in [-0.4, -0.2) is 32.9 Å². The maximum Gasteiger partial charge on any atom is 0.178 e. The highest BCUT2D eigenvalue weighted by molar-refractivity contribution is 6.09. The molecule has 0 radical (unpaired) electrons. The van der Waals surface area contributed by atoms with E-state index in [1.54, 1.807) is 0 Å². The molecule has 5 aromatic carbocycles. The van der Waals surface area contributed by atoms with Crippen LogP contribution >= 0.6 is 0 Å². The van der Waals surface area contributed by atoms with Crippen molar-refractivity contribution in [3.05, 3.63) is 130 Å². The van der Waals surface area contributed by atoms with Crippen LogP contribution in [0.1, 0.15) is 78.3 Å². The zero-order valence-corrected chi connectivity index (χ0v) is 28.2. The molecule has 1 saturated carbocycles. The molecule has 0 amide bonds. The summed E-state index contributed by atoms with van der Waals surface area (Å²) in [4.78, 5) is 2.42. The van der Waals surface area contributed by atoms with Crippen molar-refractivity contribution in [1.29, 1.82) is 0 Å². The first kappa shape index (κ1) is 29.4. The Morgan fingerprint density at radius 2 is 1.41 bits per heavy atom. The molecule has 1 atom stereocenters. The minimum atomic E-state index is -0.779. The van der Waals surface area contributed by atoms with Gasteiger partial charge in [0.15, 0.2) is 5.60 Å². The minimum Gasteiger partial charge on any atom is -0.493 e. The van der Waals surface area contributed by atoms with Crippen LogP contribution in [0.4, 0.5) is 5.69 Å². The van der Waals surface area contributed by atoms with Crippen molar-refractivity contribution in [1.82, 2.24) is 0 Å². The third-order valence-electron chi connectivity index (χ3n) is 12.1. The number of anilines is 1. The number of benzene rings is 5. The van der Waals surface area contributed by atoms with Crippen molar-refractivity contribution in [3.63, 3.8) is 0 Å². The lowest BCUT2D eigenvalue weighted by atomic mass is 9.67. The van der Waals surface area contributed by atoms with Gasteiger partial charge >= 0.3 is 0 Å². The van der Waals surface area contributed by atoms with Crippen molar-refractivity contribution in [2.45, 2.75) is 62.4 Å². The number of nitrogens with zero attached hydrogens (tertiary/aromatic N) is 1. The summed E-state index contributed by atoms with van der Waals surface area (Å²) in [7, 11) is 0.